The molecule has 0 atom stereocenters. The second-order valence-electron chi connectivity index (χ2n) is 7.68. The maximum absolute atomic E-state index is 13.1. The molecule has 31 heavy (non-hydrogen) atoms. The van der Waals surface area contributed by atoms with E-state index in [0.29, 0.717) is 37.5 Å². The largest absolute Gasteiger partial charge is 0.386 e. The van der Waals surface area contributed by atoms with Gasteiger partial charge in [-0.05, 0) is 24.3 Å². The normalized spacial score (nSPS) is 17.0. The van der Waals surface area contributed by atoms with Crippen LogP contribution >= 0.6 is 0 Å². The number of aliphatic imine (C=N–C) groups is 1. The first kappa shape index (κ1) is 20.6. The van der Waals surface area contributed by atoms with Crippen LogP contribution < -0.4 is 10.6 Å². The van der Waals surface area contributed by atoms with E-state index in [1.165, 1.54) is 0 Å². The van der Waals surface area contributed by atoms with Crippen LogP contribution in [-0.2, 0) is 0 Å². The fraction of sp³-hybridized carbons (Fsp3) is 0.292. The lowest BCUT2D eigenvalue weighted by molar-refractivity contribution is 0.0639. The molecular formula is C24H26N6O. The van der Waals surface area contributed by atoms with E-state index in [0.717, 1.165) is 36.6 Å². The van der Waals surface area contributed by atoms with Crippen LogP contribution in [0.4, 0.5) is 5.69 Å². The molecule has 2 aromatic carbocycles. The van der Waals surface area contributed by atoms with Gasteiger partial charge in [-0.1, -0.05) is 30.3 Å². The Labute approximate surface area is 182 Å². The third-order valence-corrected chi connectivity index (χ3v) is 5.64. The van der Waals surface area contributed by atoms with Crippen molar-refractivity contribution < 1.29 is 4.79 Å². The van der Waals surface area contributed by atoms with E-state index in [4.69, 9.17) is 11.0 Å². The summed E-state index contributed by atoms with van der Waals surface area (Å²) in [5.74, 6) is 0.585. The van der Waals surface area contributed by atoms with Gasteiger partial charge in [0, 0.05) is 56.0 Å². The molecule has 1 fully saturated rings. The summed E-state index contributed by atoms with van der Waals surface area (Å²) in [5, 5.41) is 8.76. The Morgan fingerprint density at radius 1 is 1.06 bits per heavy atom. The van der Waals surface area contributed by atoms with Crippen LogP contribution in [0.3, 0.4) is 0 Å². The predicted molar refractivity (Wildman–Crippen MR) is 122 cm³/mol. The van der Waals surface area contributed by atoms with Crippen LogP contribution in [0, 0.1) is 11.3 Å². The van der Waals surface area contributed by atoms with Gasteiger partial charge >= 0.3 is 0 Å². The summed E-state index contributed by atoms with van der Waals surface area (Å²) in [6.45, 7) is 4.21. The van der Waals surface area contributed by atoms with E-state index in [-0.39, 0.29) is 5.91 Å². The number of hydrogen-bond donors (Lipinski definition) is 1. The highest BCUT2D eigenvalue weighted by molar-refractivity contribution is 5.98. The average molecular weight is 415 g/mol. The smallest absolute Gasteiger partial charge is 0.253 e. The number of rotatable bonds is 5. The van der Waals surface area contributed by atoms with Crippen molar-refractivity contribution >= 4 is 23.1 Å². The first-order chi connectivity index (χ1) is 15.2. The second kappa shape index (κ2) is 9.45. The van der Waals surface area contributed by atoms with Crippen LogP contribution in [0.2, 0.25) is 0 Å². The maximum Gasteiger partial charge on any atom is 0.253 e. The van der Waals surface area contributed by atoms with E-state index < -0.39 is 0 Å². The van der Waals surface area contributed by atoms with Crippen LogP contribution in [0.1, 0.15) is 22.3 Å². The van der Waals surface area contributed by atoms with Gasteiger partial charge in [0.05, 0.1) is 24.5 Å². The minimum Gasteiger partial charge on any atom is -0.386 e. The lowest BCUT2D eigenvalue weighted by Crippen LogP contribution is -2.48. The summed E-state index contributed by atoms with van der Waals surface area (Å²) in [6, 6.07) is 19.9. The number of piperazine rings is 1. The fourth-order valence-electron chi connectivity index (χ4n) is 3.95. The summed E-state index contributed by atoms with van der Waals surface area (Å²) in [6.07, 6.45) is 2.29. The molecule has 2 aliphatic heterocycles. The van der Waals surface area contributed by atoms with Gasteiger partial charge in [-0.3, -0.25) is 9.69 Å². The summed E-state index contributed by atoms with van der Waals surface area (Å²) < 4.78 is 0. The molecule has 7 nitrogen and oxygen atoms in total. The van der Waals surface area contributed by atoms with Gasteiger partial charge in [0.1, 0.15) is 5.84 Å². The predicted octanol–water partition coefficient (Wildman–Crippen LogP) is 2.53. The van der Waals surface area contributed by atoms with Gasteiger partial charge in [-0.15, -0.1) is 0 Å². The minimum absolute atomic E-state index is 0.0347. The third kappa shape index (κ3) is 4.76. The van der Waals surface area contributed by atoms with Gasteiger partial charge in [0.2, 0.25) is 0 Å². The van der Waals surface area contributed by atoms with Crippen molar-refractivity contribution in [3.63, 3.8) is 0 Å². The number of para-hydroxylation sites is 1. The minimum atomic E-state index is 0.0347. The number of anilines is 1. The van der Waals surface area contributed by atoms with E-state index in [1.807, 2.05) is 59.5 Å². The Kier molecular flexibility index (Phi) is 6.29. The van der Waals surface area contributed by atoms with Crippen molar-refractivity contribution in [2.75, 3.05) is 44.2 Å². The van der Waals surface area contributed by atoms with Crippen LogP contribution in [0.5, 0.6) is 0 Å². The van der Waals surface area contributed by atoms with Gasteiger partial charge < -0.3 is 15.5 Å². The first-order valence-corrected chi connectivity index (χ1v) is 10.5. The number of amides is 1. The molecule has 0 saturated carbocycles. The molecule has 158 valence electrons. The van der Waals surface area contributed by atoms with Gasteiger partial charge in [-0.2, -0.15) is 5.26 Å². The molecule has 0 aromatic heterocycles. The Balaban J connectivity index is 1.53. The van der Waals surface area contributed by atoms with E-state index >= 15 is 0 Å². The topological polar surface area (TPSA) is 89.0 Å². The highest BCUT2D eigenvalue weighted by Crippen LogP contribution is 2.28. The Morgan fingerprint density at radius 2 is 1.84 bits per heavy atom. The number of carbonyl (C=O) groups is 1. The monoisotopic (exact) mass is 414 g/mol. The molecule has 1 saturated heterocycles. The lowest BCUT2D eigenvalue weighted by atomic mass is 10.0. The van der Waals surface area contributed by atoms with Crippen LogP contribution in [0.15, 0.2) is 65.8 Å². The lowest BCUT2D eigenvalue weighted by Gasteiger charge is -2.34. The van der Waals surface area contributed by atoms with Crippen molar-refractivity contribution in [3.8, 4) is 6.07 Å². The number of nitrogens with zero attached hydrogens (tertiary/aromatic N) is 5. The third-order valence-electron chi connectivity index (χ3n) is 5.64. The van der Waals surface area contributed by atoms with Crippen molar-refractivity contribution in [1.82, 2.24) is 9.80 Å². The fourth-order valence-corrected chi connectivity index (χ4v) is 3.95. The molecule has 2 aromatic rings. The summed E-state index contributed by atoms with van der Waals surface area (Å²) in [4.78, 5) is 23.7. The molecule has 2 aliphatic rings. The number of benzene rings is 2. The molecule has 0 unspecified atom stereocenters. The van der Waals surface area contributed by atoms with E-state index in [2.05, 4.69) is 20.9 Å². The number of hydrogen-bond acceptors (Lipinski definition) is 6. The van der Waals surface area contributed by atoms with Crippen molar-refractivity contribution in [3.05, 3.63) is 71.9 Å². The standard InChI is InChI=1S/C24H26N6O/c25-10-5-11-28-12-14-29(15-13-28)24(31)20-7-4-6-19(16-20)22-17-27-23(26)18-30(22)21-8-2-1-3-9-21/h1-4,6-9,16-17H,5,11-15,18H2,(H2,26,27). The Morgan fingerprint density at radius 3 is 2.58 bits per heavy atom. The molecule has 0 spiro atoms. The quantitative estimate of drug-likeness (QED) is 0.812. The first-order valence-electron chi connectivity index (χ1n) is 10.5. The zero-order chi connectivity index (χ0) is 21.6. The molecule has 0 bridgehead atoms. The number of nitrogens with two attached hydrogens (primary N) is 1. The molecule has 2 N–H and O–H groups in total. The van der Waals surface area contributed by atoms with Crippen LogP contribution in [0.25, 0.3) is 5.70 Å². The van der Waals surface area contributed by atoms with E-state index in [9.17, 15) is 4.79 Å². The van der Waals surface area contributed by atoms with Gasteiger partial charge in [0.15, 0.2) is 0 Å². The highest BCUT2D eigenvalue weighted by Gasteiger charge is 2.24. The molecule has 4 rings (SSSR count). The van der Waals surface area contributed by atoms with E-state index in [1.54, 1.807) is 6.20 Å². The molecule has 1 amide bonds. The van der Waals surface area contributed by atoms with Crippen molar-refractivity contribution in [2.24, 2.45) is 10.7 Å². The van der Waals surface area contributed by atoms with Gasteiger partial charge in [-0.25, -0.2) is 4.99 Å². The zero-order valence-electron chi connectivity index (χ0n) is 17.4. The number of amidine groups is 1. The molecule has 2 heterocycles. The summed E-state index contributed by atoms with van der Waals surface area (Å²) in [5.41, 5.74) is 9.53. The summed E-state index contributed by atoms with van der Waals surface area (Å²) in [7, 11) is 0. The maximum atomic E-state index is 13.1. The molecule has 0 aliphatic carbocycles. The highest BCUT2D eigenvalue weighted by atomic mass is 16.2. The molecule has 0 radical (unpaired) electrons. The SMILES string of the molecule is N#CCCN1CCN(C(=O)c2cccc(C3=CN=C(N)CN3c3ccccc3)c2)CC1. The number of nitriles is 1. The van der Waals surface area contributed by atoms with Crippen molar-refractivity contribution in [1.29, 1.82) is 5.26 Å². The Bertz CT molecular complexity index is 1030. The average Bonchev–Trinajstić information content (AvgIpc) is 2.83. The van der Waals surface area contributed by atoms with Crippen molar-refractivity contribution in [2.45, 2.75) is 6.42 Å². The van der Waals surface area contributed by atoms with Crippen LogP contribution in [-0.4, -0.2) is 60.8 Å². The van der Waals surface area contributed by atoms with Gasteiger partial charge in [0.25, 0.3) is 5.91 Å². The zero-order valence-corrected chi connectivity index (χ0v) is 17.4. The second-order valence-corrected chi connectivity index (χ2v) is 7.68. The molecular weight excluding hydrogens is 388 g/mol. The number of carbonyl (C=O) groups excluding carboxylic acids is 1. The Hall–Kier alpha value is -3.63. The summed E-state index contributed by atoms with van der Waals surface area (Å²) >= 11 is 0. The molecule has 7 heteroatoms.